The fraction of sp³-hybridized carbons (Fsp3) is 0.774. The van der Waals surface area contributed by atoms with Crippen LogP contribution in [0.3, 0.4) is 0 Å². The van der Waals surface area contributed by atoms with E-state index in [1.807, 2.05) is 6.92 Å². The highest BCUT2D eigenvalue weighted by Crippen LogP contribution is 2.39. The number of hydrogen-bond acceptors (Lipinski definition) is 3. The number of nitrogens with zero attached hydrogens (tertiary/aromatic N) is 1. The molecule has 2 saturated carbocycles. The van der Waals surface area contributed by atoms with Crippen molar-refractivity contribution in [3.63, 3.8) is 0 Å². The lowest BCUT2D eigenvalue weighted by atomic mass is 9.73. The van der Waals surface area contributed by atoms with Crippen LogP contribution in [0.25, 0.3) is 0 Å². The van der Waals surface area contributed by atoms with Crippen molar-refractivity contribution in [3.8, 4) is 0 Å². The van der Waals surface area contributed by atoms with E-state index in [-0.39, 0.29) is 17.3 Å². The minimum Gasteiger partial charge on any atom is -0.466 e. The third-order valence-corrected chi connectivity index (χ3v) is 8.43. The van der Waals surface area contributed by atoms with Crippen molar-refractivity contribution in [1.82, 2.24) is 4.90 Å². The lowest BCUT2D eigenvalue weighted by Crippen LogP contribution is -2.48. The quantitative estimate of drug-likeness (QED) is 0.289. The highest BCUT2D eigenvalue weighted by atomic mass is 19.4. The number of alkyl halides is 3. The number of halogens is 3. The van der Waals surface area contributed by atoms with Crippen molar-refractivity contribution in [2.45, 2.75) is 111 Å². The minimum atomic E-state index is -4.32. The summed E-state index contributed by atoms with van der Waals surface area (Å²) in [6.07, 6.45) is 7.52. The maximum absolute atomic E-state index is 13.1. The number of esters is 1. The van der Waals surface area contributed by atoms with Gasteiger partial charge in [0.2, 0.25) is 0 Å². The number of hydrogen-bond donors (Lipinski definition) is 0. The van der Waals surface area contributed by atoms with Crippen molar-refractivity contribution in [2.24, 2.45) is 23.2 Å². The number of rotatable bonds is 10. The molecule has 0 aromatic heterocycles. The van der Waals surface area contributed by atoms with Gasteiger partial charge in [-0.15, -0.1) is 0 Å². The molecule has 6 heteroatoms. The van der Waals surface area contributed by atoms with E-state index in [0.29, 0.717) is 25.0 Å². The Morgan fingerprint density at radius 2 is 1.65 bits per heavy atom. The molecule has 0 spiro atoms. The van der Waals surface area contributed by atoms with Gasteiger partial charge < -0.3 is 4.74 Å². The molecule has 3 nitrogen and oxygen atoms in total. The van der Waals surface area contributed by atoms with E-state index in [2.05, 4.69) is 25.7 Å². The molecule has 1 aromatic carbocycles. The molecule has 210 valence electrons. The van der Waals surface area contributed by atoms with Crippen LogP contribution in [0.5, 0.6) is 0 Å². The Kier molecular flexibility index (Phi) is 10.9. The molecule has 37 heavy (non-hydrogen) atoms. The predicted octanol–water partition coefficient (Wildman–Crippen LogP) is 8.30. The molecule has 2 aliphatic carbocycles. The Morgan fingerprint density at radius 1 is 0.973 bits per heavy atom. The summed E-state index contributed by atoms with van der Waals surface area (Å²) in [6, 6.07) is 6.11. The Morgan fingerprint density at radius 3 is 2.24 bits per heavy atom. The van der Waals surface area contributed by atoms with E-state index in [1.165, 1.54) is 44.2 Å². The number of ether oxygens (including phenoxy) is 1. The number of carbonyl (C=O) groups excluding carboxylic acids is 1. The van der Waals surface area contributed by atoms with Crippen LogP contribution in [0.4, 0.5) is 13.2 Å². The molecule has 0 heterocycles. The second kappa shape index (κ2) is 13.5. The van der Waals surface area contributed by atoms with Gasteiger partial charge >= 0.3 is 12.1 Å². The van der Waals surface area contributed by atoms with Crippen LogP contribution in [-0.2, 0) is 22.1 Å². The van der Waals surface area contributed by atoms with E-state index in [1.54, 1.807) is 12.1 Å². The second-order valence-electron chi connectivity index (χ2n) is 12.7. The van der Waals surface area contributed by atoms with Crippen molar-refractivity contribution in [2.75, 3.05) is 19.7 Å². The van der Waals surface area contributed by atoms with Crippen LogP contribution in [0, 0.1) is 23.2 Å². The first-order valence-corrected chi connectivity index (χ1v) is 14.5. The summed E-state index contributed by atoms with van der Waals surface area (Å²) < 4.78 is 44.6. The summed E-state index contributed by atoms with van der Waals surface area (Å²) in [5, 5.41) is 0. The van der Waals surface area contributed by atoms with Gasteiger partial charge in [0.25, 0.3) is 0 Å². The Hall–Kier alpha value is -1.56. The Labute approximate surface area is 222 Å². The molecule has 0 radical (unpaired) electrons. The second-order valence-corrected chi connectivity index (χ2v) is 12.7. The summed E-state index contributed by atoms with van der Waals surface area (Å²) in [7, 11) is 0. The third-order valence-electron chi connectivity index (χ3n) is 8.43. The average molecular weight is 524 g/mol. The summed E-state index contributed by atoms with van der Waals surface area (Å²) in [5.41, 5.74) is 0.600. The largest absolute Gasteiger partial charge is 0.466 e. The van der Waals surface area contributed by atoms with E-state index in [0.717, 1.165) is 56.7 Å². The fourth-order valence-corrected chi connectivity index (χ4v) is 6.39. The summed E-state index contributed by atoms with van der Waals surface area (Å²) in [6.45, 7) is 11.3. The first kappa shape index (κ1) is 30.0. The van der Waals surface area contributed by atoms with Gasteiger partial charge in [0.1, 0.15) is 0 Å². The predicted molar refractivity (Wildman–Crippen MR) is 143 cm³/mol. The van der Waals surface area contributed by atoms with E-state index in [4.69, 9.17) is 4.74 Å². The molecular formula is C31H48F3NO2. The Balaban J connectivity index is 1.80. The van der Waals surface area contributed by atoms with Gasteiger partial charge in [0.05, 0.1) is 12.2 Å². The molecule has 0 N–H and O–H groups in total. The first-order valence-electron chi connectivity index (χ1n) is 14.5. The van der Waals surface area contributed by atoms with Crippen LogP contribution in [-0.4, -0.2) is 36.6 Å². The SMILES string of the molecule is CCOC(=O)CC1CCC(N(CCC(C)(C)C)CC2CCCCC2)C(Cc2ccc(C(F)(F)F)cc2)C1. The zero-order chi connectivity index (χ0) is 27.1. The zero-order valence-corrected chi connectivity index (χ0v) is 23.4. The third kappa shape index (κ3) is 9.92. The topological polar surface area (TPSA) is 29.5 Å². The molecule has 0 amide bonds. The van der Waals surface area contributed by atoms with Gasteiger partial charge in [-0.2, -0.15) is 13.2 Å². The van der Waals surface area contributed by atoms with Gasteiger partial charge in [0, 0.05) is 19.0 Å². The maximum atomic E-state index is 13.1. The molecule has 0 bridgehead atoms. The van der Waals surface area contributed by atoms with Crippen LogP contribution in [0.2, 0.25) is 0 Å². The first-order chi connectivity index (χ1) is 17.4. The molecule has 3 rings (SSSR count). The van der Waals surface area contributed by atoms with Crippen LogP contribution in [0.15, 0.2) is 24.3 Å². The van der Waals surface area contributed by atoms with E-state index in [9.17, 15) is 18.0 Å². The van der Waals surface area contributed by atoms with E-state index < -0.39 is 11.7 Å². The lowest BCUT2D eigenvalue weighted by Gasteiger charge is -2.45. The van der Waals surface area contributed by atoms with Crippen molar-refractivity contribution in [3.05, 3.63) is 35.4 Å². The minimum absolute atomic E-state index is 0.133. The summed E-state index contributed by atoms with van der Waals surface area (Å²) in [4.78, 5) is 15.0. The summed E-state index contributed by atoms with van der Waals surface area (Å²) >= 11 is 0. The van der Waals surface area contributed by atoms with Crippen molar-refractivity contribution in [1.29, 1.82) is 0 Å². The van der Waals surface area contributed by atoms with E-state index >= 15 is 0 Å². The lowest BCUT2D eigenvalue weighted by molar-refractivity contribution is -0.144. The maximum Gasteiger partial charge on any atom is 0.416 e. The fourth-order valence-electron chi connectivity index (χ4n) is 6.39. The highest BCUT2D eigenvalue weighted by Gasteiger charge is 2.37. The van der Waals surface area contributed by atoms with Crippen LogP contribution in [0.1, 0.15) is 103 Å². The molecule has 1 aromatic rings. The number of carbonyl (C=O) groups is 1. The van der Waals surface area contributed by atoms with Gasteiger partial charge in [-0.25, -0.2) is 0 Å². The van der Waals surface area contributed by atoms with Crippen molar-refractivity contribution < 1.29 is 22.7 Å². The Bertz CT molecular complexity index is 824. The van der Waals surface area contributed by atoms with Crippen LogP contribution < -0.4 is 0 Å². The molecule has 3 atom stereocenters. The molecule has 0 aliphatic heterocycles. The zero-order valence-electron chi connectivity index (χ0n) is 23.4. The standard InChI is InChI=1S/C31H48F3NO2/c1-5-37-29(36)21-25-13-16-28(26(20-25)19-23-11-14-27(15-12-23)31(32,33)34)35(18-17-30(2,3)4)22-24-9-7-6-8-10-24/h11-12,14-15,24-26,28H,5-10,13,16-22H2,1-4H3. The molecule has 2 fully saturated rings. The number of benzene rings is 1. The van der Waals surface area contributed by atoms with Gasteiger partial charge in [-0.05, 0) is 99.3 Å². The molecular weight excluding hydrogens is 475 g/mol. The molecule has 3 unspecified atom stereocenters. The van der Waals surface area contributed by atoms with Crippen molar-refractivity contribution >= 4 is 5.97 Å². The molecule has 2 aliphatic rings. The normalized spacial score (nSPS) is 23.8. The van der Waals surface area contributed by atoms with Gasteiger partial charge in [-0.3, -0.25) is 9.69 Å². The van der Waals surface area contributed by atoms with Gasteiger partial charge in [0.15, 0.2) is 0 Å². The summed E-state index contributed by atoms with van der Waals surface area (Å²) in [5.74, 6) is 1.19. The monoisotopic (exact) mass is 523 g/mol. The smallest absolute Gasteiger partial charge is 0.416 e. The average Bonchev–Trinajstić information content (AvgIpc) is 2.82. The molecule has 0 saturated heterocycles. The van der Waals surface area contributed by atoms with Gasteiger partial charge in [-0.1, -0.05) is 52.2 Å². The highest BCUT2D eigenvalue weighted by molar-refractivity contribution is 5.69. The van der Waals surface area contributed by atoms with Crippen LogP contribution >= 0.6 is 0 Å².